The number of benzene rings is 9. The smallest absolute Gasteiger partial charge is 0.0473 e. The van der Waals surface area contributed by atoms with Crippen LogP contribution in [-0.2, 0) is 6.42 Å². The van der Waals surface area contributed by atoms with E-state index in [-0.39, 0.29) is 0 Å². The molecule has 0 bridgehead atoms. The molecule has 1 nitrogen and oxygen atoms in total. The molecule has 0 atom stereocenters. The fraction of sp³-hybridized carbons (Fsp3) is 0.0159. The van der Waals surface area contributed by atoms with Crippen LogP contribution in [0.15, 0.2) is 236 Å². The molecule has 11 rings (SSSR count). The SMILES string of the molecule is Nc1c(/C(=C2/C=Cc3ccc#cc3C2)c2ccc(-c3c(-c4ccccc4)c(-c4ccccc4)c(-c4ccccc4)c(-c4ccccc4)c3-c3ccccc3)cc2)ccc2ccccc12. The molecule has 0 saturated carbocycles. The minimum absolute atomic E-state index is 0.727. The lowest BCUT2D eigenvalue weighted by Gasteiger charge is -2.29. The number of hydrogen-bond acceptors (Lipinski definition) is 1. The van der Waals surface area contributed by atoms with Crippen molar-refractivity contribution < 1.29 is 0 Å². The molecule has 0 saturated heterocycles. The van der Waals surface area contributed by atoms with Crippen LogP contribution in [0.5, 0.6) is 0 Å². The number of nitrogens with two attached hydrogens (primary N) is 1. The Balaban J connectivity index is 1.25. The van der Waals surface area contributed by atoms with E-state index < -0.39 is 0 Å². The van der Waals surface area contributed by atoms with Gasteiger partial charge in [-0.25, -0.2) is 0 Å². The molecule has 64 heavy (non-hydrogen) atoms. The second kappa shape index (κ2) is 16.8. The quantitative estimate of drug-likeness (QED) is 0.152. The first-order valence-electron chi connectivity index (χ1n) is 21.9. The highest BCUT2D eigenvalue weighted by Gasteiger charge is 2.29. The summed E-state index contributed by atoms with van der Waals surface area (Å²) in [6.07, 6.45) is 5.19. The lowest BCUT2D eigenvalue weighted by Crippen LogP contribution is -2.04. The molecule has 1 aliphatic carbocycles. The number of allylic oxidation sites excluding steroid dienone is 2. The predicted molar refractivity (Wildman–Crippen MR) is 270 cm³/mol. The van der Waals surface area contributed by atoms with E-state index in [0.717, 1.165) is 78.5 Å². The van der Waals surface area contributed by atoms with Gasteiger partial charge in [-0.3, -0.25) is 0 Å². The van der Waals surface area contributed by atoms with Gasteiger partial charge in [0.15, 0.2) is 0 Å². The summed E-state index contributed by atoms with van der Waals surface area (Å²) in [6, 6.07) is 87.4. The lowest BCUT2D eigenvalue weighted by molar-refractivity contribution is 1.18. The minimum Gasteiger partial charge on any atom is -0.398 e. The molecule has 0 amide bonds. The van der Waals surface area contributed by atoms with Gasteiger partial charge in [0.2, 0.25) is 0 Å². The van der Waals surface area contributed by atoms with Crippen molar-refractivity contribution in [2.75, 3.05) is 5.73 Å². The van der Waals surface area contributed by atoms with Crippen LogP contribution >= 0.6 is 0 Å². The van der Waals surface area contributed by atoms with Crippen molar-refractivity contribution in [3.8, 4) is 66.8 Å². The summed E-state index contributed by atoms with van der Waals surface area (Å²) in [5, 5.41) is 2.18. The maximum Gasteiger partial charge on any atom is 0.0473 e. The van der Waals surface area contributed by atoms with Crippen LogP contribution in [0.25, 0.3) is 89.2 Å². The summed E-state index contributed by atoms with van der Waals surface area (Å²) < 4.78 is 0. The maximum atomic E-state index is 7.18. The first-order chi connectivity index (χ1) is 31.7. The third-order valence-corrected chi connectivity index (χ3v) is 12.6. The maximum absolute atomic E-state index is 7.18. The molecule has 0 spiro atoms. The average Bonchev–Trinajstić information content (AvgIpc) is 3.38. The van der Waals surface area contributed by atoms with Gasteiger partial charge in [0.05, 0.1) is 0 Å². The zero-order valence-corrected chi connectivity index (χ0v) is 35.3. The second-order valence-corrected chi connectivity index (χ2v) is 16.4. The fourth-order valence-corrected chi connectivity index (χ4v) is 9.68. The van der Waals surface area contributed by atoms with E-state index in [1.807, 2.05) is 6.07 Å². The van der Waals surface area contributed by atoms with E-state index in [1.54, 1.807) is 0 Å². The Kier molecular flexibility index (Phi) is 10.1. The predicted octanol–water partition coefficient (Wildman–Crippen LogP) is 16.1. The van der Waals surface area contributed by atoms with E-state index in [4.69, 9.17) is 5.73 Å². The third-order valence-electron chi connectivity index (χ3n) is 12.6. The Bertz CT molecular complexity index is 3240. The Morgan fingerprint density at radius 3 is 1.28 bits per heavy atom. The summed E-state index contributed by atoms with van der Waals surface area (Å²) >= 11 is 0. The molecule has 0 aromatic heterocycles. The molecule has 1 aliphatic rings. The minimum atomic E-state index is 0.727. The summed E-state index contributed by atoms with van der Waals surface area (Å²) in [5.74, 6) is 0. The molecule has 2 N–H and O–H groups in total. The van der Waals surface area contributed by atoms with Crippen molar-refractivity contribution in [3.05, 3.63) is 270 Å². The molecule has 0 aliphatic heterocycles. The topological polar surface area (TPSA) is 26.0 Å². The summed E-state index contributed by atoms with van der Waals surface area (Å²) in [6.45, 7) is 0. The molecule has 1 heteroatoms. The second-order valence-electron chi connectivity index (χ2n) is 16.4. The van der Waals surface area contributed by atoms with E-state index >= 15 is 0 Å². The van der Waals surface area contributed by atoms with Gasteiger partial charge in [-0.2, -0.15) is 0 Å². The molecule has 0 radical (unpaired) electrons. The van der Waals surface area contributed by atoms with E-state index in [1.165, 1.54) is 44.5 Å². The Morgan fingerprint density at radius 1 is 0.391 bits per heavy atom. The third kappa shape index (κ3) is 6.98. The average molecular weight is 814 g/mol. The van der Waals surface area contributed by atoms with Crippen LogP contribution < -0.4 is 5.73 Å². The van der Waals surface area contributed by atoms with Crippen LogP contribution in [0.3, 0.4) is 0 Å². The molecule has 0 fully saturated rings. The first kappa shape index (κ1) is 38.5. The monoisotopic (exact) mass is 813 g/mol. The van der Waals surface area contributed by atoms with Gasteiger partial charge in [-0.1, -0.05) is 237 Å². The van der Waals surface area contributed by atoms with Crippen LogP contribution in [-0.4, -0.2) is 0 Å². The highest BCUT2D eigenvalue weighted by Crippen LogP contribution is 2.56. The van der Waals surface area contributed by atoms with Crippen LogP contribution in [0, 0.1) is 12.1 Å². The van der Waals surface area contributed by atoms with Gasteiger partial charge >= 0.3 is 0 Å². The Morgan fingerprint density at radius 2 is 0.812 bits per heavy atom. The van der Waals surface area contributed by atoms with Gasteiger partial charge < -0.3 is 5.73 Å². The molecule has 0 unspecified atom stereocenters. The van der Waals surface area contributed by atoms with Gasteiger partial charge in [0, 0.05) is 28.6 Å². The summed E-state index contributed by atoms with van der Waals surface area (Å²) in [7, 11) is 0. The Labute approximate surface area is 375 Å². The zero-order chi connectivity index (χ0) is 42.8. The highest BCUT2D eigenvalue weighted by atomic mass is 14.6. The molecule has 0 heterocycles. The molecular formula is C63H43N. The van der Waals surface area contributed by atoms with Crippen molar-refractivity contribution in [2.45, 2.75) is 6.42 Å². The molecular weight excluding hydrogens is 771 g/mol. The zero-order valence-electron chi connectivity index (χ0n) is 35.3. The van der Waals surface area contributed by atoms with E-state index in [2.05, 4.69) is 243 Å². The van der Waals surface area contributed by atoms with Crippen molar-refractivity contribution in [3.63, 3.8) is 0 Å². The Hall–Kier alpha value is -8.44. The van der Waals surface area contributed by atoms with Crippen molar-refractivity contribution in [2.24, 2.45) is 0 Å². The van der Waals surface area contributed by atoms with Gasteiger partial charge in [-0.15, -0.1) is 0 Å². The lowest BCUT2D eigenvalue weighted by atomic mass is 9.74. The summed E-state index contributed by atoms with van der Waals surface area (Å²) in [4.78, 5) is 0. The van der Waals surface area contributed by atoms with E-state index in [0.29, 0.717) is 0 Å². The van der Waals surface area contributed by atoms with E-state index in [9.17, 15) is 0 Å². The van der Waals surface area contributed by atoms with Crippen LogP contribution in [0.1, 0.15) is 22.3 Å². The number of rotatable bonds is 8. The van der Waals surface area contributed by atoms with Gasteiger partial charge in [0.1, 0.15) is 0 Å². The molecule has 300 valence electrons. The normalized spacial score (nSPS) is 12.7. The van der Waals surface area contributed by atoms with Gasteiger partial charge in [0.25, 0.3) is 0 Å². The number of fused-ring (bicyclic) bond motifs is 2. The number of hydrogen-bond donors (Lipinski definition) is 1. The molecule has 10 aromatic rings. The standard InChI is InChI=1S/C63H43N/c64-63-54-33-19-18-21-44(54)40-41-55(63)56(53-39-34-43-20-16-17-32-52(43)42-53)50-35-37-51(38-36-50)62-60(48-28-12-4-13-29-48)58(46-24-8-2-9-25-46)57(45-22-6-1-7-23-45)59(47-26-10-3-11-27-47)61(62)49-30-14-5-15-31-49/h1-16,18-31,33-41H,42,64H2/b56-53-. The van der Waals surface area contributed by atoms with Crippen molar-refractivity contribution >= 4 is 28.1 Å². The fourth-order valence-electron chi connectivity index (χ4n) is 9.68. The van der Waals surface area contributed by atoms with Crippen LogP contribution in [0.2, 0.25) is 0 Å². The molecule has 10 aromatic carbocycles. The van der Waals surface area contributed by atoms with Crippen molar-refractivity contribution in [1.82, 2.24) is 0 Å². The number of nitrogen functional groups attached to an aromatic ring is 1. The van der Waals surface area contributed by atoms with Crippen LogP contribution in [0.4, 0.5) is 5.69 Å². The van der Waals surface area contributed by atoms with Crippen molar-refractivity contribution in [1.29, 1.82) is 0 Å². The largest absolute Gasteiger partial charge is 0.398 e. The first-order valence-corrected chi connectivity index (χ1v) is 21.9. The van der Waals surface area contributed by atoms with Gasteiger partial charge in [-0.05, 0) is 107 Å². The highest BCUT2D eigenvalue weighted by molar-refractivity contribution is 6.15. The summed E-state index contributed by atoms with van der Waals surface area (Å²) in [5.41, 5.74) is 28.8. The number of anilines is 1.